The molecule has 6 heteroatoms. The van der Waals surface area contributed by atoms with Crippen molar-refractivity contribution >= 4 is 23.0 Å². The Kier molecular flexibility index (Phi) is 2.55. The minimum absolute atomic E-state index is 0.178. The lowest BCUT2D eigenvalue weighted by atomic mass is 10.2. The first kappa shape index (κ1) is 10.9. The van der Waals surface area contributed by atoms with E-state index in [0.29, 0.717) is 11.0 Å². The molecule has 18 heavy (non-hydrogen) atoms. The van der Waals surface area contributed by atoms with Gasteiger partial charge in [-0.1, -0.05) is 12.1 Å². The molecule has 2 aromatic rings. The van der Waals surface area contributed by atoms with Crippen LogP contribution in [-0.2, 0) is 4.79 Å². The standard InChI is InChI=1S/C12H12N4O2/c17-11(18)10(7-5-6-7)14-12-13-8-3-1-2-4-9(8)15-16-12/h1-4,7,10H,5-6H2,(H,17,18)(H,13,14,16). The van der Waals surface area contributed by atoms with Crippen molar-refractivity contribution in [1.82, 2.24) is 15.2 Å². The molecule has 1 aromatic carbocycles. The average Bonchev–Trinajstić information content (AvgIpc) is 3.19. The maximum atomic E-state index is 11.1. The fourth-order valence-electron chi connectivity index (χ4n) is 1.89. The van der Waals surface area contributed by atoms with Crippen molar-refractivity contribution in [1.29, 1.82) is 0 Å². The number of para-hydroxylation sites is 1. The van der Waals surface area contributed by atoms with Crippen molar-refractivity contribution in [3.05, 3.63) is 24.3 Å². The summed E-state index contributed by atoms with van der Waals surface area (Å²) >= 11 is 0. The SMILES string of the molecule is O=C(O)C(Nc1nnc2ccccc2n1)C1CC1. The Morgan fingerprint density at radius 2 is 2.00 bits per heavy atom. The number of carbonyl (C=O) groups is 1. The molecule has 1 aliphatic carbocycles. The van der Waals surface area contributed by atoms with Gasteiger partial charge in [0.2, 0.25) is 5.95 Å². The van der Waals surface area contributed by atoms with E-state index in [4.69, 9.17) is 5.11 Å². The molecule has 0 amide bonds. The van der Waals surface area contributed by atoms with Crippen molar-refractivity contribution in [2.45, 2.75) is 18.9 Å². The number of hydrogen-bond acceptors (Lipinski definition) is 5. The van der Waals surface area contributed by atoms with E-state index in [1.54, 1.807) is 0 Å². The van der Waals surface area contributed by atoms with Gasteiger partial charge in [0, 0.05) is 0 Å². The van der Waals surface area contributed by atoms with E-state index in [1.165, 1.54) is 0 Å². The first-order chi connectivity index (χ1) is 8.74. The number of benzene rings is 1. The number of carboxylic acids is 1. The van der Waals surface area contributed by atoms with Gasteiger partial charge in [0.05, 0.1) is 5.52 Å². The Balaban J connectivity index is 1.87. The highest BCUT2D eigenvalue weighted by Crippen LogP contribution is 2.34. The molecule has 1 aromatic heterocycles. The smallest absolute Gasteiger partial charge is 0.326 e. The Labute approximate surface area is 103 Å². The highest BCUT2D eigenvalue weighted by Gasteiger charge is 2.36. The fraction of sp³-hybridized carbons (Fsp3) is 0.333. The summed E-state index contributed by atoms with van der Waals surface area (Å²) < 4.78 is 0. The van der Waals surface area contributed by atoms with Gasteiger partial charge in [-0.3, -0.25) is 0 Å². The van der Waals surface area contributed by atoms with Gasteiger partial charge in [-0.25, -0.2) is 9.78 Å². The second-order valence-corrected chi connectivity index (χ2v) is 4.42. The van der Waals surface area contributed by atoms with Crippen LogP contribution >= 0.6 is 0 Å². The lowest BCUT2D eigenvalue weighted by Crippen LogP contribution is -2.32. The summed E-state index contributed by atoms with van der Waals surface area (Å²) in [6, 6.07) is 6.73. The molecule has 1 saturated carbocycles. The predicted molar refractivity (Wildman–Crippen MR) is 65.1 cm³/mol. The number of aliphatic carboxylic acids is 1. The summed E-state index contributed by atoms with van der Waals surface area (Å²) in [4.78, 5) is 15.4. The van der Waals surface area contributed by atoms with Crippen LogP contribution in [0.15, 0.2) is 24.3 Å². The average molecular weight is 244 g/mol. The van der Waals surface area contributed by atoms with E-state index in [1.807, 2.05) is 24.3 Å². The van der Waals surface area contributed by atoms with E-state index in [0.717, 1.165) is 12.8 Å². The van der Waals surface area contributed by atoms with E-state index in [9.17, 15) is 4.79 Å². The van der Waals surface area contributed by atoms with Gasteiger partial charge in [0.1, 0.15) is 11.6 Å². The minimum atomic E-state index is -0.866. The Morgan fingerprint density at radius 3 is 2.67 bits per heavy atom. The highest BCUT2D eigenvalue weighted by atomic mass is 16.4. The topological polar surface area (TPSA) is 88.0 Å². The van der Waals surface area contributed by atoms with Crippen LogP contribution in [0.4, 0.5) is 5.95 Å². The van der Waals surface area contributed by atoms with Gasteiger partial charge in [0.25, 0.3) is 0 Å². The van der Waals surface area contributed by atoms with Crippen molar-refractivity contribution in [2.24, 2.45) is 5.92 Å². The summed E-state index contributed by atoms with van der Waals surface area (Å²) in [6.45, 7) is 0. The van der Waals surface area contributed by atoms with Crippen LogP contribution in [0.5, 0.6) is 0 Å². The number of rotatable bonds is 4. The van der Waals surface area contributed by atoms with Crippen LogP contribution in [0.3, 0.4) is 0 Å². The normalized spacial score (nSPS) is 16.4. The van der Waals surface area contributed by atoms with Gasteiger partial charge in [-0.15, -0.1) is 10.2 Å². The third kappa shape index (κ3) is 2.09. The summed E-state index contributed by atoms with van der Waals surface area (Å²) in [7, 11) is 0. The third-order valence-electron chi connectivity index (χ3n) is 3.00. The van der Waals surface area contributed by atoms with Crippen LogP contribution in [0, 0.1) is 5.92 Å². The maximum absolute atomic E-state index is 11.1. The third-order valence-corrected chi connectivity index (χ3v) is 3.00. The van der Waals surface area contributed by atoms with Crippen LogP contribution in [0.2, 0.25) is 0 Å². The number of hydrogen-bond donors (Lipinski definition) is 2. The quantitative estimate of drug-likeness (QED) is 0.842. The van der Waals surface area contributed by atoms with E-state index >= 15 is 0 Å². The molecule has 1 unspecified atom stereocenters. The molecule has 2 N–H and O–H groups in total. The van der Waals surface area contributed by atoms with Crippen LogP contribution in [-0.4, -0.2) is 32.3 Å². The Hall–Kier alpha value is -2.24. The largest absolute Gasteiger partial charge is 0.480 e. The second kappa shape index (κ2) is 4.21. The molecule has 0 spiro atoms. The molecule has 0 radical (unpaired) electrons. The maximum Gasteiger partial charge on any atom is 0.326 e. The van der Waals surface area contributed by atoms with Crippen molar-refractivity contribution < 1.29 is 9.90 Å². The molecule has 3 rings (SSSR count). The first-order valence-electron chi connectivity index (χ1n) is 5.83. The lowest BCUT2D eigenvalue weighted by Gasteiger charge is -2.12. The van der Waals surface area contributed by atoms with Gasteiger partial charge < -0.3 is 10.4 Å². The number of aromatic nitrogens is 3. The van der Waals surface area contributed by atoms with E-state index in [-0.39, 0.29) is 11.9 Å². The van der Waals surface area contributed by atoms with E-state index in [2.05, 4.69) is 20.5 Å². The van der Waals surface area contributed by atoms with Gasteiger partial charge in [-0.2, -0.15) is 0 Å². The molecule has 1 aliphatic rings. The van der Waals surface area contributed by atoms with Crippen molar-refractivity contribution in [3.63, 3.8) is 0 Å². The zero-order valence-corrected chi connectivity index (χ0v) is 9.58. The summed E-state index contributed by atoms with van der Waals surface area (Å²) in [5, 5.41) is 19.9. The zero-order valence-electron chi connectivity index (χ0n) is 9.58. The number of fused-ring (bicyclic) bond motifs is 1. The van der Waals surface area contributed by atoms with Crippen molar-refractivity contribution in [3.8, 4) is 0 Å². The first-order valence-corrected chi connectivity index (χ1v) is 5.83. The molecule has 1 heterocycles. The lowest BCUT2D eigenvalue weighted by molar-refractivity contribution is -0.138. The van der Waals surface area contributed by atoms with Crippen LogP contribution in [0.1, 0.15) is 12.8 Å². The molecule has 1 fully saturated rings. The van der Waals surface area contributed by atoms with Crippen molar-refractivity contribution in [2.75, 3.05) is 5.32 Å². The highest BCUT2D eigenvalue weighted by molar-refractivity contribution is 5.78. The molecule has 0 bridgehead atoms. The van der Waals surface area contributed by atoms with Crippen LogP contribution < -0.4 is 5.32 Å². The molecule has 6 nitrogen and oxygen atoms in total. The number of anilines is 1. The molecular formula is C12H12N4O2. The Morgan fingerprint density at radius 1 is 1.28 bits per heavy atom. The number of nitrogens with one attached hydrogen (secondary N) is 1. The monoisotopic (exact) mass is 244 g/mol. The molecule has 0 aliphatic heterocycles. The van der Waals surface area contributed by atoms with Gasteiger partial charge >= 0.3 is 5.97 Å². The van der Waals surface area contributed by atoms with E-state index < -0.39 is 12.0 Å². The van der Waals surface area contributed by atoms with Crippen LogP contribution in [0.25, 0.3) is 11.0 Å². The van der Waals surface area contributed by atoms with Gasteiger partial charge in [-0.05, 0) is 30.9 Å². The second-order valence-electron chi connectivity index (χ2n) is 4.42. The predicted octanol–water partition coefficient (Wildman–Crippen LogP) is 1.30. The van der Waals surface area contributed by atoms with Gasteiger partial charge in [0.15, 0.2) is 0 Å². The number of carboxylic acid groups (broad SMARTS) is 1. The summed E-state index contributed by atoms with van der Waals surface area (Å²) in [6.07, 6.45) is 1.87. The molecule has 92 valence electrons. The minimum Gasteiger partial charge on any atom is -0.480 e. The molecule has 1 atom stereocenters. The summed E-state index contributed by atoms with van der Waals surface area (Å²) in [5.74, 6) is -0.417. The molecular weight excluding hydrogens is 232 g/mol. The Bertz CT molecular complexity index is 597. The number of nitrogens with zero attached hydrogens (tertiary/aromatic N) is 3. The molecule has 0 saturated heterocycles. The summed E-state index contributed by atoms with van der Waals surface area (Å²) in [5.41, 5.74) is 1.40. The zero-order chi connectivity index (χ0) is 12.5. The fourth-order valence-corrected chi connectivity index (χ4v) is 1.89.